The van der Waals surface area contributed by atoms with E-state index in [1.165, 1.54) is 11.4 Å². The number of nitrogens with zero attached hydrogens (tertiary/aromatic N) is 2. The summed E-state index contributed by atoms with van der Waals surface area (Å²) in [4.78, 5) is 0. The van der Waals surface area contributed by atoms with Crippen LogP contribution in [-0.4, -0.2) is 0 Å². The van der Waals surface area contributed by atoms with E-state index in [1.54, 1.807) is 0 Å². The van der Waals surface area contributed by atoms with Crippen LogP contribution in [0.25, 0.3) is 11.4 Å². The minimum absolute atomic E-state index is 1.38. The van der Waals surface area contributed by atoms with Gasteiger partial charge in [-0.25, -0.2) is 0 Å². The van der Waals surface area contributed by atoms with Crippen LogP contribution in [0.1, 0.15) is 0 Å². The van der Waals surface area contributed by atoms with Gasteiger partial charge in [-0.05, 0) is 0 Å². The van der Waals surface area contributed by atoms with Gasteiger partial charge in [0.2, 0.25) is 0 Å². The second kappa shape index (κ2) is 3.10. The van der Waals surface area contributed by atoms with Gasteiger partial charge in [-0.1, -0.05) is 0 Å². The van der Waals surface area contributed by atoms with Crippen LogP contribution in [0.15, 0.2) is 48.8 Å². The summed E-state index contributed by atoms with van der Waals surface area (Å²) in [6.07, 6.45) is 4.49. The Morgan fingerprint density at radius 3 is 1.73 bits per heavy atom. The summed E-state index contributed by atoms with van der Waals surface area (Å²) in [5.41, 5.74) is 2.77. The monoisotopic (exact) mass is 300 g/mol. The number of rotatable bonds is 0. The predicted octanol–water partition coefficient (Wildman–Crippen LogP) is 1.72. The van der Waals surface area contributed by atoms with Crippen molar-refractivity contribution in [1.29, 1.82) is 0 Å². The summed E-state index contributed by atoms with van der Waals surface area (Å²) in [6, 6.07) is 13.0. The van der Waals surface area contributed by atoms with Crippen molar-refractivity contribution < 1.29 is 26.5 Å². The van der Waals surface area contributed by atoms with Gasteiger partial charge in [0.15, 0.2) is 0 Å². The molecule has 15 heavy (non-hydrogen) atoms. The average molecular weight is 299 g/mol. The summed E-state index contributed by atoms with van der Waals surface area (Å²) >= 11 is -2.56. The van der Waals surface area contributed by atoms with Crippen molar-refractivity contribution in [2.45, 2.75) is 8.97 Å². The first-order valence-electron chi connectivity index (χ1n) is 5.84. The third-order valence-electron chi connectivity index (χ3n) is 3.81. The molecule has 2 nitrogen and oxygen atoms in total. The molecule has 72 valence electrons. The van der Waals surface area contributed by atoms with Gasteiger partial charge in [0.1, 0.15) is 0 Å². The van der Waals surface area contributed by atoms with Crippen molar-refractivity contribution in [3.05, 3.63) is 48.8 Å². The minimum atomic E-state index is -2.56. The zero-order chi connectivity index (χ0) is 10.5. The molecule has 1 aliphatic rings. The van der Waals surface area contributed by atoms with Crippen LogP contribution in [0.4, 0.5) is 0 Å². The maximum atomic E-state index is 2.54. The van der Waals surface area contributed by atoms with E-state index in [1.807, 2.05) is 0 Å². The summed E-state index contributed by atoms with van der Waals surface area (Å²) in [7, 11) is 0. The van der Waals surface area contributed by atoms with Crippen molar-refractivity contribution in [3.63, 3.8) is 0 Å². The molecule has 0 bridgehead atoms. The SMILES string of the molecule is [CH3][Cd]1([CH3])[n+]2ccccc2-c2cccc[n+]21. The van der Waals surface area contributed by atoms with Crippen LogP contribution in [0, 0.1) is 0 Å². The second-order valence-electron chi connectivity index (χ2n) is 5.22. The Labute approximate surface area is 95.3 Å². The van der Waals surface area contributed by atoms with E-state index in [9.17, 15) is 0 Å². The Morgan fingerprint density at radius 1 is 0.800 bits per heavy atom. The van der Waals surface area contributed by atoms with Gasteiger partial charge in [-0.2, -0.15) is 0 Å². The molecule has 2 aromatic heterocycles. The molecule has 0 saturated carbocycles. The Bertz CT molecular complexity index is 487. The van der Waals surface area contributed by atoms with Crippen LogP contribution < -0.4 is 4.75 Å². The van der Waals surface area contributed by atoms with E-state index in [4.69, 9.17) is 0 Å². The molecule has 1 aliphatic heterocycles. The number of aromatic nitrogens is 2. The molecule has 0 amide bonds. The first-order chi connectivity index (χ1) is 7.21. The standard InChI is InChI=1S/C10H8N2.2CH3.Cd/c1-3-7-11-9(5-1)10-6-2-4-8-12-10;;;/h1-8H;2*1H3;/q;;;+2. The zero-order valence-corrected chi connectivity index (χ0v) is 13.3. The fourth-order valence-electron chi connectivity index (χ4n) is 2.93. The van der Waals surface area contributed by atoms with Gasteiger partial charge >= 0.3 is 95.7 Å². The van der Waals surface area contributed by atoms with E-state index in [0.717, 1.165) is 0 Å². The summed E-state index contributed by atoms with van der Waals surface area (Å²) in [5, 5.41) is 0. The molecule has 0 fully saturated rings. The molecular formula is C12H14CdN2+2. The zero-order valence-electron chi connectivity index (χ0n) is 9.22. The van der Waals surface area contributed by atoms with Gasteiger partial charge in [0.05, 0.1) is 0 Å². The molecule has 0 unspecified atom stereocenters. The van der Waals surface area contributed by atoms with Crippen molar-refractivity contribution >= 4 is 0 Å². The van der Waals surface area contributed by atoms with Crippen LogP contribution >= 0.6 is 0 Å². The molecule has 2 aromatic rings. The molecule has 0 atom stereocenters. The number of pyridine rings is 2. The molecule has 3 rings (SSSR count). The Hall–Kier alpha value is -0.778. The molecule has 0 aromatic carbocycles. The van der Waals surface area contributed by atoms with Crippen LogP contribution in [-0.2, 0) is 21.8 Å². The first-order valence-corrected chi connectivity index (χ1v) is 17.5. The number of hydrogen-bond donors (Lipinski definition) is 0. The van der Waals surface area contributed by atoms with Crippen LogP contribution in [0.5, 0.6) is 0 Å². The summed E-state index contributed by atoms with van der Waals surface area (Å²) in [5.74, 6) is 0. The van der Waals surface area contributed by atoms with E-state index in [0.29, 0.717) is 0 Å². The molecule has 0 aliphatic carbocycles. The molecule has 0 N–H and O–H groups in total. The van der Waals surface area contributed by atoms with Gasteiger partial charge in [0, 0.05) is 0 Å². The van der Waals surface area contributed by atoms with Crippen molar-refractivity contribution in [2.24, 2.45) is 0 Å². The molecule has 0 spiro atoms. The summed E-state index contributed by atoms with van der Waals surface area (Å²) in [6.45, 7) is 0. The number of hydrogen-bond acceptors (Lipinski definition) is 0. The van der Waals surface area contributed by atoms with Gasteiger partial charge in [-0.15, -0.1) is 0 Å². The Morgan fingerprint density at radius 2 is 1.27 bits per heavy atom. The average Bonchev–Trinajstić information content (AvgIpc) is 2.51. The van der Waals surface area contributed by atoms with E-state index >= 15 is 0 Å². The van der Waals surface area contributed by atoms with Gasteiger partial charge in [0.25, 0.3) is 0 Å². The van der Waals surface area contributed by atoms with Crippen molar-refractivity contribution in [2.75, 3.05) is 0 Å². The van der Waals surface area contributed by atoms with Crippen molar-refractivity contribution in [1.82, 2.24) is 0 Å². The quantitative estimate of drug-likeness (QED) is 0.654. The molecule has 0 saturated heterocycles. The normalized spacial score (nSPS) is 13.7. The molecule has 3 heteroatoms. The Balaban J connectivity index is 2.42. The summed E-state index contributed by atoms with van der Waals surface area (Å²) < 4.78 is 9.99. The van der Waals surface area contributed by atoms with Gasteiger partial charge in [-0.3, -0.25) is 0 Å². The fourth-order valence-corrected chi connectivity index (χ4v) is 13.8. The van der Waals surface area contributed by atoms with Crippen LogP contribution in [0.3, 0.4) is 0 Å². The van der Waals surface area contributed by atoms with E-state index in [2.05, 4.69) is 62.5 Å². The fraction of sp³-hybridized carbons (Fsp3) is 0.167. The molecule has 3 heterocycles. The van der Waals surface area contributed by atoms with Crippen LogP contribution in [0.2, 0.25) is 8.97 Å². The molecular weight excluding hydrogens is 285 g/mol. The predicted molar refractivity (Wildman–Crippen MR) is 54.8 cm³/mol. The molecule has 0 radical (unpaired) electrons. The number of fused-ring (bicyclic) bond motifs is 3. The van der Waals surface area contributed by atoms with Gasteiger partial charge < -0.3 is 0 Å². The van der Waals surface area contributed by atoms with E-state index in [-0.39, 0.29) is 0 Å². The topological polar surface area (TPSA) is 7.76 Å². The van der Waals surface area contributed by atoms with E-state index < -0.39 is 21.8 Å². The first kappa shape index (κ1) is 9.45. The van der Waals surface area contributed by atoms with Crippen molar-refractivity contribution in [3.8, 4) is 11.4 Å². The third-order valence-corrected chi connectivity index (χ3v) is 16.5. The second-order valence-corrected chi connectivity index (χ2v) is 21.2. The Kier molecular flexibility index (Phi) is 1.96. The third kappa shape index (κ3) is 1.20. The maximum absolute atomic E-state index is 2.56.